The molecule has 3 rings (SSSR count). The zero-order valence-corrected chi connectivity index (χ0v) is 17.0. The van der Waals surface area contributed by atoms with E-state index in [0.29, 0.717) is 16.8 Å². The predicted molar refractivity (Wildman–Crippen MR) is 112 cm³/mol. The van der Waals surface area contributed by atoms with Crippen LogP contribution in [0.2, 0.25) is 0 Å². The number of nitrogens with one attached hydrogen (secondary N) is 2. The van der Waals surface area contributed by atoms with Crippen molar-refractivity contribution in [1.29, 1.82) is 0 Å². The van der Waals surface area contributed by atoms with Crippen LogP contribution in [-0.4, -0.2) is 30.4 Å². The molecule has 0 fully saturated rings. The van der Waals surface area contributed by atoms with Gasteiger partial charge in [0.25, 0.3) is 15.9 Å². The zero-order valence-electron chi connectivity index (χ0n) is 16.2. The van der Waals surface area contributed by atoms with E-state index >= 15 is 0 Å². The Kier molecular flexibility index (Phi) is 5.84. The lowest BCUT2D eigenvalue weighted by Gasteiger charge is -2.14. The first-order valence-electron chi connectivity index (χ1n) is 8.86. The largest absolute Gasteiger partial charge is 0.478 e. The lowest BCUT2D eigenvalue weighted by Crippen LogP contribution is -2.17. The Morgan fingerprint density at radius 2 is 1.63 bits per heavy atom. The van der Waals surface area contributed by atoms with Crippen LogP contribution >= 0.6 is 0 Å². The standard InChI is InChI=1S/C21H19N3O5S/c1-13-10-16(21(26)27)12-19(14(13)2)30(28,29)24-18-5-3-4-15(11-18)20(25)23-17-6-8-22-9-7-17/h3-12,24H,1-2H3,(H,26,27)(H,22,23,25). The number of anilines is 2. The van der Waals surface area contributed by atoms with Gasteiger partial charge in [-0.05, 0) is 67.4 Å². The minimum atomic E-state index is -4.08. The summed E-state index contributed by atoms with van der Waals surface area (Å²) >= 11 is 0. The van der Waals surface area contributed by atoms with Crippen molar-refractivity contribution in [2.24, 2.45) is 0 Å². The van der Waals surface area contributed by atoms with Crippen molar-refractivity contribution >= 4 is 33.3 Å². The molecule has 3 aromatic rings. The van der Waals surface area contributed by atoms with E-state index in [1.807, 2.05) is 0 Å². The summed E-state index contributed by atoms with van der Waals surface area (Å²) in [4.78, 5) is 27.5. The summed E-state index contributed by atoms with van der Waals surface area (Å²) < 4.78 is 28.2. The number of hydrogen-bond donors (Lipinski definition) is 3. The van der Waals surface area contributed by atoms with Gasteiger partial charge in [0, 0.05) is 29.3 Å². The number of aryl methyl sites for hydroxylation is 1. The minimum absolute atomic E-state index is 0.121. The second-order valence-electron chi connectivity index (χ2n) is 6.60. The number of aromatic carboxylic acids is 1. The molecule has 0 aliphatic heterocycles. The van der Waals surface area contributed by atoms with Crippen molar-refractivity contribution in [3.8, 4) is 0 Å². The number of sulfonamides is 1. The maximum Gasteiger partial charge on any atom is 0.335 e. The van der Waals surface area contributed by atoms with Crippen molar-refractivity contribution in [3.63, 3.8) is 0 Å². The molecule has 0 unspecified atom stereocenters. The number of aromatic nitrogens is 1. The Morgan fingerprint density at radius 3 is 2.30 bits per heavy atom. The topological polar surface area (TPSA) is 125 Å². The third-order valence-corrected chi connectivity index (χ3v) is 5.98. The van der Waals surface area contributed by atoms with Crippen LogP contribution in [0.5, 0.6) is 0 Å². The first kappa shape index (κ1) is 21.0. The number of benzene rings is 2. The van der Waals surface area contributed by atoms with Crippen molar-refractivity contribution in [3.05, 3.63) is 83.2 Å². The van der Waals surface area contributed by atoms with Crippen LogP contribution in [0, 0.1) is 13.8 Å². The number of carboxylic acids is 1. The van der Waals surface area contributed by atoms with E-state index in [4.69, 9.17) is 0 Å². The van der Waals surface area contributed by atoms with Crippen molar-refractivity contribution in [2.45, 2.75) is 18.7 Å². The number of nitrogens with zero attached hydrogens (tertiary/aromatic N) is 1. The first-order valence-corrected chi connectivity index (χ1v) is 10.3. The molecule has 0 saturated carbocycles. The Morgan fingerprint density at radius 1 is 0.933 bits per heavy atom. The van der Waals surface area contributed by atoms with Crippen LogP contribution < -0.4 is 10.0 Å². The van der Waals surface area contributed by atoms with Gasteiger partial charge in [-0.15, -0.1) is 0 Å². The molecule has 1 amide bonds. The van der Waals surface area contributed by atoms with Crippen molar-refractivity contribution < 1.29 is 23.1 Å². The number of rotatable bonds is 6. The molecular formula is C21H19N3O5S. The van der Waals surface area contributed by atoms with Crippen LogP contribution in [0.25, 0.3) is 0 Å². The lowest BCUT2D eigenvalue weighted by atomic mass is 10.1. The molecule has 1 aromatic heterocycles. The maximum absolute atomic E-state index is 12.9. The highest BCUT2D eigenvalue weighted by molar-refractivity contribution is 7.92. The third kappa shape index (κ3) is 4.64. The van der Waals surface area contributed by atoms with Gasteiger partial charge in [-0.3, -0.25) is 14.5 Å². The summed E-state index contributed by atoms with van der Waals surface area (Å²) in [5.74, 6) is -1.63. The highest BCUT2D eigenvalue weighted by Crippen LogP contribution is 2.24. The molecule has 9 heteroatoms. The van der Waals surface area contributed by atoms with Gasteiger partial charge in [0.05, 0.1) is 10.5 Å². The van der Waals surface area contributed by atoms with Gasteiger partial charge in [0.15, 0.2) is 0 Å². The molecule has 2 aromatic carbocycles. The second-order valence-corrected chi connectivity index (χ2v) is 8.25. The summed E-state index contributed by atoms with van der Waals surface area (Å²) in [7, 11) is -4.08. The van der Waals surface area contributed by atoms with Gasteiger partial charge in [-0.25, -0.2) is 13.2 Å². The van der Waals surface area contributed by atoms with E-state index in [0.717, 1.165) is 6.07 Å². The minimum Gasteiger partial charge on any atom is -0.478 e. The van der Waals surface area contributed by atoms with Crippen LogP contribution in [0.4, 0.5) is 11.4 Å². The van der Waals surface area contributed by atoms with Crippen molar-refractivity contribution in [2.75, 3.05) is 10.0 Å². The van der Waals surface area contributed by atoms with Gasteiger partial charge in [0.2, 0.25) is 0 Å². The number of carbonyl (C=O) groups is 2. The van der Waals surface area contributed by atoms with E-state index in [9.17, 15) is 23.1 Å². The Labute approximate surface area is 173 Å². The Balaban J connectivity index is 1.89. The fourth-order valence-corrected chi connectivity index (χ4v) is 4.20. The predicted octanol–water partition coefficient (Wildman–Crippen LogP) is 3.45. The molecular weight excluding hydrogens is 406 g/mol. The molecule has 0 radical (unpaired) electrons. The van der Waals surface area contributed by atoms with Crippen LogP contribution in [0.3, 0.4) is 0 Å². The average molecular weight is 425 g/mol. The van der Waals surface area contributed by atoms with Gasteiger partial charge in [0.1, 0.15) is 0 Å². The fraction of sp³-hybridized carbons (Fsp3) is 0.0952. The van der Waals surface area contributed by atoms with Crippen LogP contribution in [-0.2, 0) is 10.0 Å². The quantitative estimate of drug-likeness (QED) is 0.555. The normalized spacial score (nSPS) is 11.0. The smallest absolute Gasteiger partial charge is 0.335 e. The second kappa shape index (κ2) is 8.34. The molecule has 8 nitrogen and oxygen atoms in total. The highest BCUT2D eigenvalue weighted by atomic mass is 32.2. The van der Waals surface area contributed by atoms with E-state index < -0.39 is 21.9 Å². The SMILES string of the molecule is Cc1cc(C(=O)O)cc(S(=O)(=O)Nc2cccc(C(=O)Nc3ccncc3)c2)c1C. The van der Waals surface area contributed by atoms with Crippen LogP contribution in [0.1, 0.15) is 31.8 Å². The summed E-state index contributed by atoms with van der Waals surface area (Å²) in [6, 6.07) is 11.8. The van der Waals surface area contributed by atoms with E-state index in [-0.39, 0.29) is 21.7 Å². The summed E-state index contributed by atoms with van der Waals surface area (Å²) in [5.41, 5.74) is 1.84. The number of amides is 1. The molecule has 0 aliphatic rings. The number of carbonyl (C=O) groups excluding carboxylic acids is 1. The van der Waals surface area contributed by atoms with Crippen LogP contribution in [0.15, 0.2) is 65.8 Å². The number of carboxylic acid groups (broad SMARTS) is 1. The molecule has 0 atom stereocenters. The zero-order chi connectivity index (χ0) is 21.9. The highest BCUT2D eigenvalue weighted by Gasteiger charge is 2.21. The van der Waals surface area contributed by atoms with Gasteiger partial charge >= 0.3 is 5.97 Å². The lowest BCUT2D eigenvalue weighted by molar-refractivity contribution is 0.0696. The average Bonchev–Trinajstić information content (AvgIpc) is 2.70. The summed E-state index contributed by atoms with van der Waals surface area (Å²) in [6.07, 6.45) is 3.07. The molecule has 0 aliphatic carbocycles. The van der Waals surface area contributed by atoms with E-state index in [2.05, 4.69) is 15.0 Å². The molecule has 0 saturated heterocycles. The van der Waals surface area contributed by atoms with E-state index in [1.165, 1.54) is 30.6 Å². The van der Waals surface area contributed by atoms with Gasteiger partial charge < -0.3 is 10.4 Å². The monoisotopic (exact) mass is 425 g/mol. The fourth-order valence-electron chi connectivity index (χ4n) is 2.80. The number of pyridine rings is 1. The molecule has 3 N–H and O–H groups in total. The van der Waals surface area contributed by atoms with Crippen molar-refractivity contribution in [1.82, 2.24) is 4.98 Å². The first-order chi connectivity index (χ1) is 14.2. The molecule has 154 valence electrons. The number of hydrogen-bond acceptors (Lipinski definition) is 5. The molecule has 1 heterocycles. The van der Waals surface area contributed by atoms with Gasteiger partial charge in [-0.2, -0.15) is 0 Å². The van der Waals surface area contributed by atoms with Gasteiger partial charge in [-0.1, -0.05) is 6.07 Å². The summed E-state index contributed by atoms with van der Waals surface area (Å²) in [5, 5.41) is 11.9. The summed E-state index contributed by atoms with van der Waals surface area (Å²) in [6.45, 7) is 3.25. The molecule has 0 bridgehead atoms. The maximum atomic E-state index is 12.9. The third-order valence-electron chi connectivity index (χ3n) is 4.47. The Bertz CT molecular complexity index is 1220. The van der Waals surface area contributed by atoms with E-state index in [1.54, 1.807) is 38.1 Å². The Hall–Kier alpha value is -3.72. The molecule has 0 spiro atoms. The molecule has 30 heavy (non-hydrogen) atoms.